The van der Waals surface area contributed by atoms with Gasteiger partial charge in [-0.15, -0.1) is 0 Å². The van der Waals surface area contributed by atoms with Gasteiger partial charge in [0.05, 0.1) is 11.1 Å². The van der Waals surface area contributed by atoms with Crippen molar-refractivity contribution in [2.24, 2.45) is 0 Å². The van der Waals surface area contributed by atoms with Crippen molar-refractivity contribution in [3.8, 4) is 0 Å². The number of anilines is 2. The first-order chi connectivity index (χ1) is 13.8. The first kappa shape index (κ1) is 20.7. The maximum Gasteiger partial charge on any atom is 0.417 e. The molecule has 0 aromatic heterocycles. The van der Waals surface area contributed by atoms with E-state index in [4.69, 9.17) is 0 Å². The smallest absolute Gasteiger partial charge is 0.325 e. The van der Waals surface area contributed by atoms with E-state index in [0.29, 0.717) is 11.4 Å². The van der Waals surface area contributed by atoms with Gasteiger partial charge < -0.3 is 15.5 Å². The zero-order chi connectivity index (χ0) is 20.9. The van der Waals surface area contributed by atoms with Crippen molar-refractivity contribution in [1.82, 2.24) is 4.90 Å². The molecule has 29 heavy (non-hydrogen) atoms. The quantitative estimate of drug-likeness (QED) is 0.722. The number of benzene rings is 2. The van der Waals surface area contributed by atoms with Gasteiger partial charge >= 0.3 is 12.2 Å². The van der Waals surface area contributed by atoms with Crippen LogP contribution in [0.4, 0.5) is 29.3 Å². The van der Waals surface area contributed by atoms with Gasteiger partial charge in [0.2, 0.25) is 0 Å². The lowest BCUT2D eigenvalue weighted by atomic mass is 10.1. The predicted octanol–water partition coefficient (Wildman–Crippen LogP) is 5.37. The Balaban J connectivity index is 1.64. The fourth-order valence-electron chi connectivity index (χ4n) is 3.24. The molecule has 3 rings (SSSR count). The first-order valence-electron chi connectivity index (χ1n) is 9.48. The molecule has 1 aliphatic heterocycles. The highest BCUT2D eigenvalue weighted by atomic mass is 19.4. The Morgan fingerprint density at radius 3 is 1.93 bits per heavy atom. The molecule has 2 N–H and O–H groups in total. The van der Waals surface area contributed by atoms with E-state index in [9.17, 15) is 22.8 Å². The van der Waals surface area contributed by atoms with Crippen LogP contribution in [-0.4, -0.2) is 29.9 Å². The van der Waals surface area contributed by atoms with E-state index in [2.05, 4.69) is 10.6 Å². The molecule has 0 atom stereocenters. The molecule has 154 valence electrons. The fourth-order valence-corrected chi connectivity index (χ4v) is 3.24. The molecular weight excluding hydrogens is 383 g/mol. The standard InChI is InChI=1S/C21H22F3N3O2/c22-21(23,24)18-8-4-3-7-17(18)19(28)25-15-9-11-16(12-10-15)26-20(29)27-13-5-1-2-6-14-27/h3-4,7-12H,1-2,5-6,13-14H2,(H,25,28)(H,26,29). The average molecular weight is 405 g/mol. The number of alkyl halides is 3. The molecule has 0 spiro atoms. The number of amides is 3. The molecule has 1 aliphatic rings. The molecule has 0 bridgehead atoms. The number of rotatable bonds is 3. The van der Waals surface area contributed by atoms with Crippen molar-refractivity contribution in [3.63, 3.8) is 0 Å². The van der Waals surface area contributed by atoms with E-state index in [1.165, 1.54) is 24.3 Å². The van der Waals surface area contributed by atoms with Crippen molar-refractivity contribution >= 4 is 23.3 Å². The SMILES string of the molecule is O=C(Nc1ccc(NC(=O)N2CCCCCC2)cc1)c1ccccc1C(F)(F)F. The van der Waals surface area contributed by atoms with E-state index in [0.717, 1.165) is 50.9 Å². The summed E-state index contributed by atoms with van der Waals surface area (Å²) in [6.45, 7) is 1.44. The van der Waals surface area contributed by atoms with Crippen LogP contribution >= 0.6 is 0 Å². The minimum Gasteiger partial charge on any atom is -0.325 e. The molecule has 0 radical (unpaired) electrons. The Morgan fingerprint density at radius 2 is 1.34 bits per heavy atom. The topological polar surface area (TPSA) is 61.4 Å². The lowest BCUT2D eigenvalue weighted by molar-refractivity contribution is -0.137. The number of carbonyl (C=O) groups excluding carboxylic acids is 2. The molecule has 0 aliphatic carbocycles. The molecule has 2 aromatic carbocycles. The van der Waals surface area contributed by atoms with Gasteiger partial charge in [-0.05, 0) is 49.2 Å². The summed E-state index contributed by atoms with van der Waals surface area (Å²) in [5, 5.41) is 5.27. The minimum atomic E-state index is -4.62. The number of urea groups is 1. The van der Waals surface area contributed by atoms with Crippen LogP contribution in [0.1, 0.15) is 41.6 Å². The van der Waals surface area contributed by atoms with Gasteiger partial charge in [-0.3, -0.25) is 4.79 Å². The number of carbonyl (C=O) groups is 2. The molecule has 1 fully saturated rings. The Bertz CT molecular complexity index is 858. The summed E-state index contributed by atoms with van der Waals surface area (Å²) in [6.07, 6.45) is -0.406. The maximum absolute atomic E-state index is 13.1. The van der Waals surface area contributed by atoms with Gasteiger partial charge in [0.15, 0.2) is 0 Å². The molecular formula is C21H22F3N3O2. The van der Waals surface area contributed by atoms with Crippen molar-refractivity contribution in [2.45, 2.75) is 31.9 Å². The molecule has 5 nitrogen and oxygen atoms in total. The lowest BCUT2D eigenvalue weighted by Gasteiger charge is -2.20. The van der Waals surface area contributed by atoms with E-state index >= 15 is 0 Å². The second kappa shape index (κ2) is 8.98. The molecule has 3 amide bonds. The second-order valence-electron chi connectivity index (χ2n) is 6.91. The molecule has 2 aromatic rings. The zero-order valence-corrected chi connectivity index (χ0v) is 15.8. The number of nitrogens with one attached hydrogen (secondary N) is 2. The fraction of sp³-hybridized carbons (Fsp3) is 0.333. The molecule has 1 heterocycles. The first-order valence-corrected chi connectivity index (χ1v) is 9.48. The third-order valence-electron chi connectivity index (χ3n) is 4.76. The van der Waals surface area contributed by atoms with Crippen LogP contribution in [0, 0.1) is 0 Å². The van der Waals surface area contributed by atoms with Crippen LogP contribution in [0.5, 0.6) is 0 Å². The number of hydrogen-bond donors (Lipinski definition) is 2. The van der Waals surface area contributed by atoms with Crippen LogP contribution in [-0.2, 0) is 6.18 Å². The summed E-state index contributed by atoms with van der Waals surface area (Å²) >= 11 is 0. The summed E-state index contributed by atoms with van der Waals surface area (Å²) in [4.78, 5) is 26.4. The van der Waals surface area contributed by atoms with Crippen LogP contribution < -0.4 is 10.6 Å². The van der Waals surface area contributed by atoms with E-state index < -0.39 is 23.2 Å². The van der Waals surface area contributed by atoms with Gasteiger partial charge in [-0.2, -0.15) is 13.2 Å². The van der Waals surface area contributed by atoms with E-state index in [1.54, 1.807) is 17.0 Å². The largest absolute Gasteiger partial charge is 0.417 e. The molecule has 0 saturated carbocycles. The van der Waals surface area contributed by atoms with Crippen LogP contribution in [0.15, 0.2) is 48.5 Å². The van der Waals surface area contributed by atoms with Crippen LogP contribution in [0.25, 0.3) is 0 Å². The molecule has 1 saturated heterocycles. The third-order valence-corrected chi connectivity index (χ3v) is 4.76. The van der Waals surface area contributed by atoms with Gasteiger partial charge in [0.25, 0.3) is 5.91 Å². The second-order valence-corrected chi connectivity index (χ2v) is 6.91. The van der Waals surface area contributed by atoms with E-state index in [-0.39, 0.29) is 6.03 Å². The number of nitrogens with zero attached hydrogens (tertiary/aromatic N) is 1. The summed E-state index contributed by atoms with van der Waals surface area (Å²) < 4.78 is 39.2. The summed E-state index contributed by atoms with van der Waals surface area (Å²) in [5.74, 6) is -0.848. The maximum atomic E-state index is 13.1. The van der Waals surface area contributed by atoms with Crippen molar-refractivity contribution in [3.05, 3.63) is 59.7 Å². The van der Waals surface area contributed by atoms with Crippen LogP contribution in [0.2, 0.25) is 0 Å². The summed E-state index contributed by atoms with van der Waals surface area (Å²) in [5.41, 5.74) is -0.551. The zero-order valence-electron chi connectivity index (χ0n) is 15.8. The Kier molecular flexibility index (Phi) is 6.41. The minimum absolute atomic E-state index is 0.178. The molecule has 8 heteroatoms. The third kappa shape index (κ3) is 5.49. The van der Waals surface area contributed by atoms with Gasteiger partial charge in [-0.1, -0.05) is 25.0 Å². The Labute approximate surface area is 166 Å². The lowest BCUT2D eigenvalue weighted by Crippen LogP contribution is -2.35. The molecule has 0 unspecified atom stereocenters. The number of halogens is 3. The van der Waals surface area contributed by atoms with Gasteiger partial charge in [0.1, 0.15) is 0 Å². The van der Waals surface area contributed by atoms with Crippen molar-refractivity contribution in [1.29, 1.82) is 0 Å². The summed E-state index contributed by atoms with van der Waals surface area (Å²) in [6, 6.07) is 10.7. The van der Waals surface area contributed by atoms with Gasteiger partial charge in [0, 0.05) is 24.5 Å². The highest BCUT2D eigenvalue weighted by Crippen LogP contribution is 2.32. The number of hydrogen-bond acceptors (Lipinski definition) is 2. The number of likely N-dealkylation sites (tertiary alicyclic amines) is 1. The summed E-state index contributed by atoms with van der Waals surface area (Å²) in [7, 11) is 0. The monoisotopic (exact) mass is 405 g/mol. The van der Waals surface area contributed by atoms with Gasteiger partial charge in [-0.25, -0.2) is 4.79 Å². The Hall–Kier alpha value is -3.03. The highest BCUT2D eigenvalue weighted by molar-refractivity contribution is 6.05. The van der Waals surface area contributed by atoms with Crippen molar-refractivity contribution < 1.29 is 22.8 Å². The highest BCUT2D eigenvalue weighted by Gasteiger charge is 2.34. The Morgan fingerprint density at radius 1 is 0.793 bits per heavy atom. The predicted molar refractivity (Wildman–Crippen MR) is 105 cm³/mol. The normalized spacial score (nSPS) is 14.8. The van der Waals surface area contributed by atoms with Crippen LogP contribution in [0.3, 0.4) is 0 Å². The van der Waals surface area contributed by atoms with Crippen molar-refractivity contribution in [2.75, 3.05) is 23.7 Å². The average Bonchev–Trinajstić information content (AvgIpc) is 2.98. The van der Waals surface area contributed by atoms with E-state index in [1.807, 2.05) is 0 Å².